The van der Waals surface area contributed by atoms with Crippen LogP contribution in [0.25, 0.3) is 0 Å². The summed E-state index contributed by atoms with van der Waals surface area (Å²) in [6.45, 7) is 0.493. The van der Waals surface area contributed by atoms with Crippen LogP contribution < -0.4 is 5.32 Å². The minimum absolute atomic E-state index is 0.0131. The lowest BCUT2D eigenvalue weighted by molar-refractivity contribution is -0.140. The minimum Gasteiger partial charge on any atom is -0.481 e. The molecule has 0 atom stereocenters. The lowest BCUT2D eigenvalue weighted by Crippen LogP contribution is -2.40. The maximum Gasteiger partial charge on any atom is 0.303 e. The van der Waals surface area contributed by atoms with Crippen molar-refractivity contribution in [3.63, 3.8) is 0 Å². The van der Waals surface area contributed by atoms with Gasteiger partial charge in [0.25, 0.3) is 0 Å². The Kier molecular flexibility index (Phi) is 5.99. The second-order valence-corrected chi connectivity index (χ2v) is 6.39. The Balaban J connectivity index is 1.81. The van der Waals surface area contributed by atoms with Crippen molar-refractivity contribution in [2.24, 2.45) is 5.41 Å². The molecule has 1 aliphatic carbocycles. The Labute approximate surface area is 131 Å². The van der Waals surface area contributed by atoms with E-state index in [1.165, 1.54) is 6.42 Å². The van der Waals surface area contributed by atoms with Gasteiger partial charge in [-0.3, -0.25) is 9.59 Å². The van der Waals surface area contributed by atoms with E-state index in [1.807, 2.05) is 30.3 Å². The fourth-order valence-corrected chi connectivity index (χ4v) is 3.32. The Morgan fingerprint density at radius 1 is 1.09 bits per heavy atom. The molecule has 0 saturated heterocycles. The molecule has 2 rings (SSSR count). The van der Waals surface area contributed by atoms with Gasteiger partial charge in [0.05, 0.1) is 6.42 Å². The fourth-order valence-electron chi connectivity index (χ4n) is 3.32. The molecule has 4 nitrogen and oxygen atoms in total. The first-order valence-corrected chi connectivity index (χ1v) is 8.12. The van der Waals surface area contributed by atoms with E-state index in [9.17, 15) is 9.59 Å². The van der Waals surface area contributed by atoms with Crippen molar-refractivity contribution in [1.82, 2.24) is 5.32 Å². The monoisotopic (exact) mass is 303 g/mol. The van der Waals surface area contributed by atoms with E-state index >= 15 is 0 Å². The van der Waals surface area contributed by atoms with Crippen molar-refractivity contribution in [3.8, 4) is 0 Å². The largest absolute Gasteiger partial charge is 0.481 e. The quantitative estimate of drug-likeness (QED) is 0.813. The standard InChI is InChI=1S/C18H25NO3/c20-16(10-9-15-7-3-1-4-8-15)19-14-18(13-17(21)22)11-5-2-6-12-18/h1,3-4,7-8H,2,5-6,9-14H2,(H,19,20)(H,21,22). The maximum absolute atomic E-state index is 12.0. The summed E-state index contributed by atoms with van der Waals surface area (Å²) < 4.78 is 0. The van der Waals surface area contributed by atoms with Crippen LogP contribution in [0.5, 0.6) is 0 Å². The fraction of sp³-hybridized carbons (Fsp3) is 0.556. The zero-order valence-electron chi connectivity index (χ0n) is 13.0. The summed E-state index contributed by atoms with van der Waals surface area (Å²) in [4.78, 5) is 23.1. The number of carbonyl (C=O) groups is 2. The topological polar surface area (TPSA) is 66.4 Å². The molecule has 2 N–H and O–H groups in total. The first kappa shape index (κ1) is 16.5. The van der Waals surface area contributed by atoms with Gasteiger partial charge in [0.2, 0.25) is 5.91 Å². The van der Waals surface area contributed by atoms with Crippen LogP contribution in [0.2, 0.25) is 0 Å². The summed E-state index contributed by atoms with van der Waals surface area (Å²) in [5, 5.41) is 12.1. The van der Waals surface area contributed by atoms with Gasteiger partial charge in [0.1, 0.15) is 0 Å². The summed E-state index contributed by atoms with van der Waals surface area (Å²) in [6.07, 6.45) is 6.43. The lowest BCUT2D eigenvalue weighted by atomic mass is 9.71. The molecule has 22 heavy (non-hydrogen) atoms. The zero-order chi connectivity index (χ0) is 15.8. The molecular weight excluding hydrogens is 278 g/mol. The Morgan fingerprint density at radius 2 is 1.77 bits per heavy atom. The first-order chi connectivity index (χ1) is 10.6. The van der Waals surface area contributed by atoms with E-state index in [-0.39, 0.29) is 17.7 Å². The van der Waals surface area contributed by atoms with Crippen molar-refractivity contribution in [1.29, 1.82) is 0 Å². The minimum atomic E-state index is -0.763. The summed E-state index contributed by atoms with van der Waals surface area (Å²) >= 11 is 0. The molecule has 4 heteroatoms. The third-order valence-electron chi connectivity index (χ3n) is 4.58. The average molecular weight is 303 g/mol. The van der Waals surface area contributed by atoms with E-state index < -0.39 is 5.97 Å². The van der Waals surface area contributed by atoms with Crippen molar-refractivity contribution >= 4 is 11.9 Å². The second kappa shape index (κ2) is 7.97. The molecule has 0 bridgehead atoms. The van der Waals surface area contributed by atoms with Gasteiger partial charge < -0.3 is 10.4 Å². The highest BCUT2D eigenvalue weighted by Crippen LogP contribution is 2.38. The predicted molar refractivity (Wildman–Crippen MR) is 85.5 cm³/mol. The van der Waals surface area contributed by atoms with Gasteiger partial charge >= 0.3 is 5.97 Å². The van der Waals surface area contributed by atoms with Crippen LogP contribution in [0, 0.1) is 5.41 Å². The number of hydrogen-bond donors (Lipinski definition) is 2. The third kappa shape index (κ3) is 5.17. The molecule has 0 aliphatic heterocycles. The highest BCUT2D eigenvalue weighted by molar-refractivity contribution is 5.76. The number of hydrogen-bond acceptors (Lipinski definition) is 2. The highest BCUT2D eigenvalue weighted by Gasteiger charge is 2.34. The molecule has 1 fully saturated rings. The van der Waals surface area contributed by atoms with Crippen molar-refractivity contribution < 1.29 is 14.7 Å². The van der Waals surface area contributed by atoms with Crippen LogP contribution in [0.4, 0.5) is 0 Å². The number of amides is 1. The molecule has 0 unspecified atom stereocenters. The van der Waals surface area contributed by atoms with Crippen LogP contribution in [0.1, 0.15) is 50.5 Å². The molecule has 0 heterocycles. The zero-order valence-corrected chi connectivity index (χ0v) is 13.0. The van der Waals surface area contributed by atoms with E-state index in [2.05, 4.69) is 5.32 Å². The van der Waals surface area contributed by atoms with Gasteiger partial charge in [0.15, 0.2) is 0 Å². The molecule has 1 aromatic carbocycles. The summed E-state index contributed by atoms with van der Waals surface area (Å²) in [5.74, 6) is -0.750. The molecule has 0 radical (unpaired) electrons. The van der Waals surface area contributed by atoms with Crippen LogP contribution in [-0.2, 0) is 16.0 Å². The predicted octanol–water partition coefficient (Wildman–Crippen LogP) is 3.16. The Morgan fingerprint density at radius 3 is 2.41 bits per heavy atom. The van der Waals surface area contributed by atoms with Gasteiger partial charge in [-0.2, -0.15) is 0 Å². The van der Waals surface area contributed by atoms with Crippen LogP contribution in [0.15, 0.2) is 30.3 Å². The normalized spacial score (nSPS) is 16.9. The number of nitrogens with one attached hydrogen (secondary N) is 1. The third-order valence-corrected chi connectivity index (χ3v) is 4.58. The number of aryl methyl sites for hydroxylation is 1. The molecule has 1 saturated carbocycles. The number of carboxylic acid groups (broad SMARTS) is 1. The Bertz CT molecular complexity index is 492. The van der Waals surface area contributed by atoms with Crippen molar-refractivity contribution in [2.75, 3.05) is 6.54 Å². The first-order valence-electron chi connectivity index (χ1n) is 8.12. The molecular formula is C18H25NO3. The maximum atomic E-state index is 12.0. The SMILES string of the molecule is O=C(O)CC1(CNC(=O)CCc2ccccc2)CCCCC1. The highest BCUT2D eigenvalue weighted by atomic mass is 16.4. The van der Waals surface area contributed by atoms with Gasteiger partial charge in [-0.1, -0.05) is 49.6 Å². The van der Waals surface area contributed by atoms with E-state index in [4.69, 9.17) is 5.11 Å². The van der Waals surface area contributed by atoms with Crippen molar-refractivity contribution in [3.05, 3.63) is 35.9 Å². The van der Waals surface area contributed by atoms with Crippen LogP contribution in [0.3, 0.4) is 0 Å². The number of aliphatic carboxylic acids is 1. The molecule has 120 valence electrons. The van der Waals surface area contributed by atoms with Gasteiger partial charge in [-0.15, -0.1) is 0 Å². The summed E-state index contributed by atoms with van der Waals surface area (Å²) in [6, 6.07) is 9.93. The van der Waals surface area contributed by atoms with E-state index in [1.54, 1.807) is 0 Å². The average Bonchev–Trinajstić information content (AvgIpc) is 2.52. The van der Waals surface area contributed by atoms with E-state index in [0.29, 0.717) is 13.0 Å². The van der Waals surface area contributed by atoms with Gasteiger partial charge in [-0.25, -0.2) is 0 Å². The molecule has 1 aliphatic rings. The number of rotatable bonds is 7. The summed E-state index contributed by atoms with van der Waals surface area (Å²) in [5.41, 5.74) is 0.905. The second-order valence-electron chi connectivity index (χ2n) is 6.39. The number of benzene rings is 1. The summed E-state index contributed by atoms with van der Waals surface area (Å²) in [7, 11) is 0. The van der Waals surface area contributed by atoms with Gasteiger partial charge in [-0.05, 0) is 30.2 Å². The van der Waals surface area contributed by atoms with Gasteiger partial charge in [0, 0.05) is 13.0 Å². The van der Waals surface area contributed by atoms with Crippen LogP contribution in [-0.4, -0.2) is 23.5 Å². The number of carboxylic acids is 1. The van der Waals surface area contributed by atoms with Crippen LogP contribution >= 0.6 is 0 Å². The lowest BCUT2D eigenvalue weighted by Gasteiger charge is -2.36. The molecule has 0 aromatic heterocycles. The molecule has 0 spiro atoms. The molecule has 1 aromatic rings. The van der Waals surface area contributed by atoms with Crippen molar-refractivity contribution in [2.45, 2.75) is 51.4 Å². The number of carbonyl (C=O) groups excluding carboxylic acids is 1. The smallest absolute Gasteiger partial charge is 0.303 e. The Hall–Kier alpha value is -1.84. The molecule has 1 amide bonds. The van der Waals surface area contributed by atoms with E-state index in [0.717, 1.165) is 37.7 Å².